The number of carbonyl (C=O) groups is 2. The number of hydrogen-bond donors (Lipinski definition) is 1. The van der Waals surface area contributed by atoms with Gasteiger partial charge in [0.05, 0.1) is 18.7 Å². The molecule has 5 nitrogen and oxygen atoms in total. The molecule has 1 aromatic heterocycles. The molecule has 1 aromatic carbocycles. The number of carbonyl (C=O) groups excluding carboxylic acids is 2. The number of amides is 1. The van der Waals surface area contributed by atoms with Crippen LogP contribution in [-0.2, 0) is 9.53 Å². The molecule has 0 aliphatic heterocycles. The average Bonchev–Trinajstić information content (AvgIpc) is 2.60. The zero-order valence-corrected chi connectivity index (χ0v) is 13.0. The van der Waals surface area contributed by atoms with Crippen molar-refractivity contribution in [1.29, 1.82) is 0 Å². The van der Waals surface area contributed by atoms with E-state index in [1.54, 1.807) is 42.7 Å². The molecule has 0 bridgehead atoms. The van der Waals surface area contributed by atoms with Crippen LogP contribution in [0.15, 0.2) is 54.9 Å². The van der Waals surface area contributed by atoms with Crippen molar-refractivity contribution in [3.8, 4) is 0 Å². The maximum Gasteiger partial charge on any atom is 0.337 e. The van der Waals surface area contributed by atoms with Gasteiger partial charge in [-0.1, -0.05) is 18.2 Å². The zero-order valence-electron chi connectivity index (χ0n) is 13.0. The SMILES string of the molecule is COC(=O)c1ccc(/C=C/C(=O)NC(C)c2cccnc2)cc1. The molecule has 2 rings (SSSR count). The van der Waals surface area contributed by atoms with Crippen LogP contribution < -0.4 is 5.32 Å². The Hall–Kier alpha value is -2.95. The second-order valence-electron chi connectivity index (χ2n) is 4.96. The topological polar surface area (TPSA) is 68.3 Å². The largest absolute Gasteiger partial charge is 0.465 e. The van der Waals surface area contributed by atoms with Crippen LogP contribution in [0, 0.1) is 0 Å². The van der Waals surface area contributed by atoms with Gasteiger partial charge in [-0.05, 0) is 42.3 Å². The van der Waals surface area contributed by atoms with E-state index in [-0.39, 0.29) is 17.9 Å². The third-order valence-electron chi connectivity index (χ3n) is 3.30. The highest BCUT2D eigenvalue weighted by atomic mass is 16.5. The van der Waals surface area contributed by atoms with E-state index in [4.69, 9.17) is 0 Å². The maximum absolute atomic E-state index is 11.9. The average molecular weight is 310 g/mol. The molecule has 0 spiro atoms. The molecule has 1 heterocycles. The number of esters is 1. The van der Waals surface area contributed by atoms with Crippen molar-refractivity contribution in [1.82, 2.24) is 10.3 Å². The highest BCUT2D eigenvalue weighted by Crippen LogP contribution is 2.10. The van der Waals surface area contributed by atoms with Gasteiger partial charge in [-0.3, -0.25) is 9.78 Å². The summed E-state index contributed by atoms with van der Waals surface area (Å²) in [7, 11) is 1.34. The summed E-state index contributed by atoms with van der Waals surface area (Å²) >= 11 is 0. The summed E-state index contributed by atoms with van der Waals surface area (Å²) in [6, 6.07) is 10.4. The standard InChI is InChI=1S/C18H18N2O3/c1-13(16-4-3-11-19-12-16)20-17(21)10-7-14-5-8-15(9-6-14)18(22)23-2/h3-13H,1-2H3,(H,20,21)/b10-7+. The molecule has 1 unspecified atom stereocenters. The fourth-order valence-electron chi connectivity index (χ4n) is 2.00. The summed E-state index contributed by atoms with van der Waals surface area (Å²) in [4.78, 5) is 27.3. The molecule has 1 N–H and O–H groups in total. The van der Waals surface area contributed by atoms with Crippen LogP contribution >= 0.6 is 0 Å². The Bertz CT molecular complexity index is 694. The van der Waals surface area contributed by atoms with Gasteiger partial charge in [-0.15, -0.1) is 0 Å². The van der Waals surface area contributed by atoms with E-state index in [1.807, 2.05) is 19.1 Å². The number of nitrogens with zero attached hydrogens (tertiary/aromatic N) is 1. The molecule has 118 valence electrons. The molecule has 0 aliphatic carbocycles. The van der Waals surface area contributed by atoms with Gasteiger partial charge in [-0.2, -0.15) is 0 Å². The van der Waals surface area contributed by atoms with Crippen LogP contribution in [0.3, 0.4) is 0 Å². The molecule has 0 saturated carbocycles. The van der Waals surface area contributed by atoms with E-state index in [2.05, 4.69) is 15.0 Å². The van der Waals surface area contributed by atoms with Crippen molar-refractivity contribution in [3.05, 3.63) is 71.6 Å². The number of benzene rings is 1. The quantitative estimate of drug-likeness (QED) is 0.681. The third-order valence-corrected chi connectivity index (χ3v) is 3.30. The summed E-state index contributed by atoms with van der Waals surface area (Å²) in [5, 5.41) is 2.87. The van der Waals surface area contributed by atoms with Gasteiger partial charge in [0.1, 0.15) is 0 Å². The molecule has 2 aromatic rings. The molecule has 0 fully saturated rings. The minimum atomic E-state index is -0.386. The summed E-state index contributed by atoms with van der Waals surface area (Å²) in [6.07, 6.45) is 6.56. The van der Waals surface area contributed by atoms with Gasteiger partial charge in [-0.25, -0.2) is 4.79 Å². The number of ether oxygens (including phenoxy) is 1. The highest BCUT2D eigenvalue weighted by Gasteiger charge is 2.07. The highest BCUT2D eigenvalue weighted by molar-refractivity contribution is 5.92. The summed E-state index contributed by atoms with van der Waals surface area (Å²) in [6.45, 7) is 1.90. The Morgan fingerprint density at radius 2 is 1.96 bits per heavy atom. The molecule has 0 aliphatic rings. The number of rotatable bonds is 5. The van der Waals surface area contributed by atoms with E-state index < -0.39 is 0 Å². The molecular weight excluding hydrogens is 292 g/mol. The van der Waals surface area contributed by atoms with Crippen LogP contribution in [0.25, 0.3) is 6.08 Å². The van der Waals surface area contributed by atoms with Crippen LogP contribution in [0.1, 0.15) is 34.5 Å². The fourth-order valence-corrected chi connectivity index (χ4v) is 2.00. The Kier molecular flexibility index (Phi) is 5.63. The lowest BCUT2D eigenvalue weighted by molar-refractivity contribution is -0.117. The second-order valence-corrected chi connectivity index (χ2v) is 4.96. The van der Waals surface area contributed by atoms with Crippen LogP contribution in [0.4, 0.5) is 0 Å². The van der Waals surface area contributed by atoms with E-state index in [9.17, 15) is 9.59 Å². The lowest BCUT2D eigenvalue weighted by atomic mass is 10.1. The molecular formula is C18H18N2O3. The predicted molar refractivity (Wildman–Crippen MR) is 87.6 cm³/mol. The van der Waals surface area contributed by atoms with Crippen LogP contribution in [0.2, 0.25) is 0 Å². The van der Waals surface area contributed by atoms with Crippen LogP contribution in [-0.4, -0.2) is 24.0 Å². The smallest absolute Gasteiger partial charge is 0.337 e. The van der Waals surface area contributed by atoms with Gasteiger partial charge in [0, 0.05) is 18.5 Å². The molecule has 0 radical (unpaired) electrons. The van der Waals surface area contributed by atoms with Crippen molar-refractivity contribution in [3.63, 3.8) is 0 Å². The lowest BCUT2D eigenvalue weighted by Gasteiger charge is -2.11. The first-order valence-corrected chi connectivity index (χ1v) is 7.17. The lowest BCUT2D eigenvalue weighted by Crippen LogP contribution is -2.24. The van der Waals surface area contributed by atoms with Gasteiger partial charge in [0.15, 0.2) is 0 Å². The third kappa shape index (κ3) is 4.78. The second kappa shape index (κ2) is 7.89. The van der Waals surface area contributed by atoms with Gasteiger partial charge in [0.25, 0.3) is 0 Å². The van der Waals surface area contributed by atoms with E-state index in [0.717, 1.165) is 11.1 Å². The van der Waals surface area contributed by atoms with Crippen molar-refractivity contribution in [2.45, 2.75) is 13.0 Å². The molecule has 5 heteroatoms. The summed E-state index contributed by atoms with van der Waals surface area (Å²) in [5.74, 6) is -0.582. The van der Waals surface area contributed by atoms with Gasteiger partial charge >= 0.3 is 5.97 Å². The monoisotopic (exact) mass is 310 g/mol. The van der Waals surface area contributed by atoms with Crippen molar-refractivity contribution < 1.29 is 14.3 Å². The summed E-state index contributed by atoms with van der Waals surface area (Å²) in [5.41, 5.74) is 2.23. The minimum Gasteiger partial charge on any atom is -0.465 e. The molecule has 1 atom stereocenters. The Labute approximate surface area is 135 Å². The predicted octanol–water partition coefficient (Wildman–Crippen LogP) is 2.76. The number of hydrogen-bond acceptors (Lipinski definition) is 4. The van der Waals surface area contributed by atoms with Crippen molar-refractivity contribution in [2.24, 2.45) is 0 Å². The number of methoxy groups -OCH3 is 1. The Morgan fingerprint density at radius 3 is 2.57 bits per heavy atom. The van der Waals surface area contributed by atoms with E-state index in [0.29, 0.717) is 5.56 Å². The Morgan fingerprint density at radius 1 is 1.22 bits per heavy atom. The summed E-state index contributed by atoms with van der Waals surface area (Å²) < 4.78 is 4.63. The number of pyridine rings is 1. The normalized spacial score (nSPS) is 11.9. The molecule has 23 heavy (non-hydrogen) atoms. The van der Waals surface area contributed by atoms with Crippen molar-refractivity contribution in [2.75, 3.05) is 7.11 Å². The maximum atomic E-state index is 11.9. The van der Waals surface area contributed by atoms with Crippen molar-refractivity contribution >= 4 is 18.0 Å². The van der Waals surface area contributed by atoms with Gasteiger partial charge in [0.2, 0.25) is 5.91 Å². The van der Waals surface area contributed by atoms with E-state index >= 15 is 0 Å². The van der Waals surface area contributed by atoms with Crippen LogP contribution in [0.5, 0.6) is 0 Å². The minimum absolute atomic E-state index is 0.123. The van der Waals surface area contributed by atoms with Gasteiger partial charge < -0.3 is 10.1 Å². The molecule has 0 saturated heterocycles. The number of nitrogens with one attached hydrogen (secondary N) is 1. The Balaban J connectivity index is 1.94. The number of aromatic nitrogens is 1. The zero-order chi connectivity index (χ0) is 16.7. The van der Waals surface area contributed by atoms with E-state index in [1.165, 1.54) is 13.2 Å². The first-order valence-electron chi connectivity index (χ1n) is 7.17. The first-order chi connectivity index (χ1) is 11.1. The first kappa shape index (κ1) is 16.4. The fraction of sp³-hybridized carbons (Fsp3) is 0.167. The molecule has 1 amide bonds.